The number of likely N-dealkylation sites (N-methyl/N-ethyl adjacent to an activating group) is 3. The number of hydrogen-bond acceptors (Lipinski definition) is 6. The Morgan fingerprint density at radius 1 is 1.13 bits per heavy atom. The van der Waals surface area contributed by atoms with Crippen LogP contribution in [0.3, 0.4) is 0 Å². The van der Waals surface area contributed by atoms with Gasteiger partial charge in [0.25, 0.3) is 0 Å². The van der Waals surface area contributed by atoms with Crippen molar-refractivity contribution in [1.82, 2.24) is 20.0 Å². The molecule has 2 N–H and O–H groups in total. The van der Waals surface area contributed by atoms with Gasteiger partial charge in [0.1, 0.15) is 6.61 Å². The van der Waals surface area contributed by atoms with E-state index in [2.05, 4.69) is 10.6 Å². The molecule has 1 aliphatic rings. The van der Waals surface area contributed by atoms with Crippen LogP contribution in [0.4, 0.5) is 10.5 Å². The highest BCUT2D eigenvalue weighted by Gasteiger charge is 2.27. The molecule has 9 nitrogen and oxygen atoms in total. The summed E-state index contributed by atoms with van der Waals surface area (Å²) >= 11 is 0. The molecule has 1 unspecified atom stereocenters. The molecule has 0 bridgehead atoms. The van der Waals surface area contributed by atoms with Crippen molar-refractivity contribution < 1.29 is 19.1 Å². The van der Waals surface area contributed by atoms with Gasteiger partial charge >= 0.3 is 6.09 Å². The molecule has 30 heavy (non-hydrogen) atoms. The zero-order valence-electron chi connectivity index (χ0n) is 18.3. The summed E-state index contributed by atoms with van der Waals surface area (Å²) in [6.07, 6.45) is 1.44. The molecule has 1 heterocycles. The first-order valence-corrected chi connectivity index (χ1v) is 10.2. The van der Waals surface area contributed by atoms with Crippen LogP contribution in [0, 0.1) is 0 Å². The van der Waals surface area contributed by atoms with Gasteiger partial charge in [-0.1, -0.05) is 12.1 Å². The van der Waals surface area contributed by atoms with Crippen molar-refractivity contribution in [3.8, 4) is 0 Å². The van der Waals surface area contributed by atoms with Crippen molar-refractivity contribution in [3.63, 3.8) is 0 Å². The zero-order valence-corrected chi connectivity index (χ0v) is 18.3. The van der Waals surface area contributed by atoms with E-state index in [4.69, 9.17) is 4.74 Å². The van der Waals surface area contributed by atoms with Gasteiger partial charge in [0.2, 0.25) is 11.8 Å². The number of nitrogens with one attached hydrogen (secondary N) is 2. The smallest absolute Gasteiger partial charge is 0.409 e. The summed E-state index contributed by atoms with van der Waals surface area (Å²) in [6, 6.07) is 6.90. The van der Waals surface area contributed by atoms with Crippen LogP contribution in [0.5, 0.6) is 0 Å². The standard InChI is InChI=1S/C21H33N5O4/c1-24(2)12-13-26(4)21(29)30-15-16-7-9-17(10-8-16)23-19(27)14-22-20(28)18-6-5-11-25(18)3/h7-10,18H,5-6,11-15H2,1-4H3,(H,22,28)(H,23,27). The minimum absolute atomic E-state index is 0.0676. The average Bonchev–Trinajstić information content (AvgIpc) is 3.15. The monoisotopic (exact) mass is 419 g/mol. The third kappa shape index (κ3) is 7.64. The number of carbonyl (C=O) groups excluding carboxylic acids is 3. The highest BCUT2D eigenvalue weighted by molar-refractivity contribution is 5.95. The number of benzene rings is 1. The Kier molecular flexibility index (Phi) is 9.07. The summed E-state index contributed by atoms with van der Waals surface area (Å²) in [7, 11) is 7.51. The number of likely N-dealkylation sites (tertiary alicyclic amines) is 1. The maximum atomic E-state index is 12.1. The van der Waals surface area contributed by atoms with Gasteiger partial charge in [-0.3, -0.25) is 14.5 Å². The number of amides is 3. The highest BCUT2D eigenvalue weighted by Crippen LogP contribution is 2.14. The van der Waals surface area contributed by atoms with Gasteiger partial charge in [0.05, 0.1) is 12.6 Å². The quantitative estimate of drug-likeness (QED) is 0.619. The van der Waals surface area contributed by atoms with E-state index < -0.39 is 0 Å². The van der Waals surface area contributed by atoms with Crippen LogP contribution in [0.2, 0.25) is 0 Å². The van der Waals surface area contributed by atoms with Crippen molar-refractivity contribution in [3.05, 3.63) is 29.8 Å². The van der Waals surface area contributed by atoms with Crippen LogP contribution in [-0.2, 0) is 20.9 Å². The molecule has 1 atom stereocenters. The fourth-order valence-electron chi connectivity index (χ4n) is 3.11. The fourth-order valence-corrected chi connectivity index (χ4v) is 3.11. The normalized spacial score (nSPS) is 16.4. The van der Waals surface area contributed by atoms with Crippen LogP contribution < -0.4 is 10.6 Å². The maximum Gasteiger partial charge on any atom is 0.409 e. The zero-order chi connectivity index (χ0) is 22.1. The molecular formula is C21H33N5O4. The third-order valence-electron chi connectivity index (χ3n) is 5.04. The molecule has 0 aromatic heterocycles. The van der Waals surface area contributed by atoms with Gasteiger partial charge in [0, 0.05) is 25.8 Å². The van der Waals surface area contributed by atoms with E-state index in [0.717, 1.165) is 31.5 Å². The van der Waals surface area contributed by atoms with Gasteiger partial charge < -0.3 is 25.2 Å². The fraction of sp³-hybridized carbons (Fsp3) is 0.571. The second-order valence-electron chi connectivity index (χ2n) is 7.88. The highest BCUT2D eigenvalue weighted by atomic mass is 16.6. The van der Waals surface area contributed by atoms with Crippen molar-refractivity contribution in [2.24, 2.45) is 0 Å². The second kappa shape index (κ2) is 11.5. The Hall–Kier alpha value is -2.65. The van der Waals surface area contributed by atoms with E-state index in [0.29, 0.717) is 12.2 Å². The Bertz CT molecular complexity index is 723. The molecule has 1 fully saturated rings. The molecule has 1 aromatic carbocycles. The minimum Gasteiger partial charge on any atom is -0.445 e. The number of hydrogen-bond donors (Lipinski definition) is 2. The molecule has 1 saturated heterocycles. The number of anilines is 1. The molecule has 1 aliphatic heterocycles. The first-order valence-electron chi connectivity index (χ1n) is 10.2. The van der Waals surface area contributed by atoms with E-state index in [1.54, 1.807) is 31.3 Å². The van der Waals surface area contributed by atoms with Crippen molar-refractivity contribution >= 4 is 23.6 Å². The largest absolute Gasteiger partial charge is 0.445 e. The number of nitrogens with zero attached hydrogens (tertiary/aromatic N) is 3. The molecule has 1 aromatic rings. The third-order valence-corrected chi connectivity index (χ3v) is 5.04. The number of ether oxygens (including phenoxy) is 1. The lowest BCUT2D eigenvalue weighted by Gasteiger charge is -2.19. The van der Waals surface area contributed by atoms with Gasteiger partial charge in [-0.2, -0.15) is 0 Å². The summed E-state index contributed by atoms with van der Waals surface area (Å²) in [6.45, 7) is 2.34. The van der Waals surface area contributed by atoms with E-state index in [9.17, 15) is 14.4 Å². The van der Waals surface area contributed by atoms with Gasteiger partial charge in [0.15, 0.2) is 0 Å². The number of rotatable bonds is 9. The Balaban J connectivity index is 1.71. The summed E-state index contributed by atoms with van der Waals surface area (Å²) in [5.74, 6) is -0.399. The van der Waals surface area contributed by atoms with Crippen LogP contribution in [0.25, 0.3) is 0 Å². The summed E-state index contributed by atoms with van der Waals surface area (Å²) in [5.41, 5.74) is 1.44. The second-order valence-corrected chi connectivity index (χ2v) is 7.88. The molecule has 0 spiro atoms. The van der Waals surface area contributed by atoms with Gasteiger partial charge in [-0.15, -0.1) is 0 Å². The summed E-state index contributed by atoms with van der Waals surface area (Å²) in [5, 5.41) is 5.44. The van der Waals surface area contributed by atoms with Crippen LogP contribution in [0.15, 0.2) is 24.3 Å². The maximum absolute atomic E-state index is 12.1. The molecule has 0 aliphatic carbocycles. The lowest BCUT2D eigenvalue weighted by Crippen LogP contribution is -2.44. The first kappa shape index (κ1) is 23.6. The first-order chi connectivity index (χ1) is 14.3. The molecule has 9 heteroatoms. The van der Waals surface area contributed by atoms with Crippen LogP contribution in [-0.4, -0.2) is 93.0 Å². The molecule has 3 amide bonds. The molecule has 0 radical (unpaired) electrons. The molecule has 166 valence electrons. The van der Waals surface area contributed by atoms with Gasteiger partial charge in [-0.05, 0) is 58.2 Å². The Labute approximate surface area is 178 Å². The average molecular weight is 420 g/mol. The van der Waals surface area contributed by atoms with E-state index >= 15 is 0 Å². The van der Waals surface area contributed by atoms with Crippen LogP contribution in [0.1, 0.15) is 18.4 Å². The lowest BCUT2D eigenvalue weighted by atomic mass is 10.2. The molecular weight excluding hydrogens is 386 g/mol. The SMILES string of the molecule is CN(C)CCN(C)C(=O)OCc1ccc(NC(=O)CNC(=O)C2CCCN2C)cc1. The van der Waals surface area contributed by atoms with Crippen molar-refractivity contribution in [1.29, 1.82) is 0 Å². The molecule has 2 rings (SSSR count). The Morgan fingerprint density at radius 2 is 1.83 bits per heavy atom. The number of carbonyl (C=O) groups is 3. The predicted octanol–water partition coefficient (Wildman–Crippen LogP) is 0.966. The minimum atomic E-state index is -0.377. The van der Waals surface area contributed by atoms with E-state index in [1.165, 1.54) is 4.90 Å². The summed E-state index contributed by atoms with van der Waals surface area (Å²) < 4.78 is 5.30. The Morgan fingerprint density at radius 3 is 2.43 bits per heavy atom. The topological polar surface area (TPSA) is 94.2 Å². The predicted molar refractivity (Wildman–Crippen MR) is 115 cm³/mol. The van der Waals surface area contributed by atoms with Gasteiger partial charge in [-0.25, -0.2) is 4.79 Å². The van der Waals surface area contributed by atoms with Crippen LogP contribution >= 0.6 is 0 Å². The van der Waals surface area contributed by atoms with Crippen molar-refractivity contribution in [2.45, 2.75) is 25.5 Å². The molecule has 0 saturated carbocycles. The van der Waals surface area contributed by atoms with E-state index in [-0.39, 0.29) is 37.1 Å². The van der Waals surface area contributed by atoms with Crippen molar-refractivity contribution in [2.75, 3.05) is 59.7 Å². The summed E-state index contributed by atoms with van der Waals surface area (Å²) in [4.78, 5) is 41.7. The lowest BCUT2D eigenvalue weighted by molar-refractivity contribution is -0.127. The van der Waals surface area contributed by atoms with E-state index in [1.807, 2.05) is 30.9 Å².